The Morgan fingerprint density at radius 1 is 1.19 bits per heavy atom. The van der Waals surface area contributed by atoms with E-state index < -0.39 is 0 Å². The maximum atomic E-state index is 5.56. The third-order valence-corrected chi connectivity index (χ3v) is 3.30. The molecule has 1 atom stereocenters. The lowest BCUT2D eigenvalue weighted by Gasteiger charge is -2.16. The van der Waals surface area contributed by atoms with Crippen LogP contribution in [0.15, 0.2) is 59.5 Å². The van der Waals surface area contributed by atoms with Crippen LogP contribution in [-0.2, 0) is 13.5 Å². The first-order chi connectivity index (χ1) is 10.3. The van der Waals surface area contributed by atoms with E-state index in [-0.39, 0.29) is 6.04 Å². The van der Waals surface area contributed by atoms with Crippen molar-refractivity contribution in [1.29, 1.82) is 0 Å². The van der Waals surface area contributed by atoms with Gasteiger partial charge in [-0.1, -0.05) is 30.3 Å². The summed E-state index contributed by atoms with van der Waals surface area (Å²) in [5, 5.41) is 7.80. The number of aryl methyl sites for hydroxylation is 1. The lowest BCUT2D eigenvalue weighted by Crippen LogP contribution is -2.24. The van der Waals surface area contributed by atoms with Gasteiger partial charge in [0.05, 0.1) is 12.3 Å². The molecule has 1 aromatic carbocycles. The topological polar surface area (TPSA) is 55.9 Å². The van der Waals surface area contributed by atoms with E-state index in [0.717, 1.165) is 24.6 Å². The Morgan fingerprint density at radius 3 is 2.71 bits per heavy atom. The van der Waals surface area contributed by atoms with Crippen LogP contribution in [0.25, 0.3) is 0 Å². The van der Waals surface area contributed by atoms with Crippen molar-refractivity contribution >= 4 is 0 Å². The molecular weight excluding hydrogens is 264 g/mol. The van der Waals surface area contributed by atoms with Gasteiger partial charge in [-0.15, -0.1) is 0 Å². The third kappa shape index (κ3) is 3.38. The number of rotatable bonds is 6. The molecule has 0 fully saturated rings. The Balaban J connectivity index is 1.68. The fourth-order valence-electron chi connectivity index (χ4n) is 2.31. The number of nitrogens with zero attached hydrogens (tertiary/aromatic N) is 3. The van der Waals surface area contributed by atoms with Gasteiger partial charge in [-0.3, -0.25) is 4.68 Å². The van der Waals surface area contributed by atoms with E-state index >= 15 is 0 Å². The molecule has 1 unspecified atom stereocenters. The molecule has 0 spiro atoms. The fraction of sp³-hybridized carbons (Fsp3) is 0.250. The monoisotopic (exact) mass is 282 g/mol. The highest BCUT2D eigenvalue weighted by Crippen LogP contribution is 2.22. The molecule has 0 aliphatic rings. The van der Waals surface area contributed by atoms with Crippen LogP contribution in [0.4, 0.5) is 0 Å². The largest absolute Gasteiger partial charge is 0.467 e. The molecular formula is C16H18N4O. The van der Waals surface area contributed by atoms with E-state index in [2.05, 4.69) is 27.5 Å². The molecule has 0 radical (unpaired) electrons. The molecule has 0 bridgehead atoms. The minimum atomic E-state index is 0.0462. The number of nitrogens with one attached hydrogen (secondary N) is 1. The first-order valence-corrected chi connectivity index (χ1v) is 6.99. The van der Waals surface area contributed by atoms with E-state index in [0.29, 0.717) is 0 Å². The number of hydrogen-bond donors (Lipinski definition) is 1. The molecule has 2 aromatic heterocycles. The van der Waals surface area contributed by atoms with Crippen LogP contribution < -0.4 is 5.32 Å². The lowest BCUT2D eigenvalue weighted by atomic mass is 10.0. The summed E-state index contributed by atoms with van der Waals surface area (Å²) in [7, 11) is 1.87. The molecule has 2 heterocycles. The molecule has 21 heavy (non-hydrogen) atoms. The second-order valence-corrected chi connectivity index (χ2v) is 4.90. The summed E-state index contributed by atoms with van der Waals surface area (Å²) in [4.78, 5) is 4.24. The maximum absolute atomic E-state index is 5.56. The van der Waals surface area contributed by atoms with Crippen LogP contribution in [0.2, 0.25) is 0 Å². The molecule has 108 valence electrons. The minimum Gasteiger partial charge on any atom is -0.467 e. The molecule has 0 saturated heterocycles. The quantitative estimate of drug-likeness (QED) is 0.754. The minimum absolute atomic E-state index is 0.0462. The first-order valence-electron chi connectivity index (χ1n) is 6.99. The van der Waals surface area contributed by atoms with Crippen molar-refractivity contribution in [3.05, 3.63) is 72.2 Å². The Kier molecular flexibility index (Phi) is 4.12. The molecule has 1 N–H and O–H groups in total. The highest BCUT2D eigenvalue weighted by molar-refractivity contribution is 5.26. The Bertz CT molecular complexity index is 661. The van der Waals surface area contributed by atoms with Gasteiger partial charge in [0, 0.05) is 20.0 Å². The summed E-state index contributed by atoms with van der Waals surface area (Å²) in [6, 6.07) is 14.2. The SMILES string of the molecule is Cn1cnc(CCNC(c2ccccc2)c2ccco2)n1. The van der Waals surface area contributed by atoms with Gasteiger partial charge in [-0.25, -0.2) is 4.98 Å². The van der Waals surface area contributed by atoms with E-state index in [9.17, 15) is 0 Å². The molecule has 0 aliphatic carbocycles. The zero-order chi connectivity index (χ0) is 14.5. The van der Waals surface area contributed by atoms with Gasteiger partial charge in [0.2, 0.25) is 0 Å². The Hall–Kier alpha value is -2.40. The summed E-state index contributed by atoms with van der Waals surface area (Å²) in [5.41, 5.74) is 1.18. The Morgan fingerprint density at radius 2 is 2.05 bits per heavy atom. The summed E-state index contributed by atoms with van der Waals surface area (Å²) in [6.45, 7) is 0.782. The van der Waals surface area contributed by atoms with Crippen molar-refractivity contribution in [2.45, 2.75) is 12.5 Å². The third-order valence-electron chi connectivity index (χ3n) is 3.30. The number of benzene rings is 1. The summed E-state index contributed by atoms with van der Waals surface area (Å²) >= 11 is 0. The van der Waals surface area contributed by atoms with Crippen molar-refractivity contribution < 1.29 is 4.42 Å². The fourth-order valence-corrected chi connectivity index (χ4v) is 2.31. The lowest BCUT2D eigenvalue weighted by molar-refractivity contribution is 0.446. The number of hydrogen-bond acceptors (Lipinski definition) is 4. The van der Waals surface area contributed by atoms with E-state index in [1.807, 2.05) is 37.4 Å². The smallest absolute Gasteiger partial charge is 0.151 e. The molecule has 5 heteroatoms. The summed E-state index contributed by atoms with van der Waals surface area (Å²) in [6.07, 6.45) is 4.20. The average molecular weight is 282 g/mol. The van der Waals surface area contributed by atoms with Gasteiger partial charge >= 0.3 is 0 Å². The van der Waals surface area contributed by atoms with Crippen LogP contribution in [-0.4, -0.2) is 21.3 Å². The van der Waals surface area contributed by atoms with E-state index in [4.69, 9.17) is 4.42 Å². The molecule has 3 rings (SSSR count). The van der Waals surface area contributed by atoms with Crippen LogP contribution >= 0.6 is 0 Å². The Labute approximate surface area is 123 Å². The standard InChI is InChI=1S/C16H18N4O/c1-20-12-18-15(19-20)9-10-17-16(14-8-5-11-21-14)13-6-3-2-4-7-13/h2-8,11-12,16-17H,9-10H2,1H3. The van der Waals surface area contributed by atoms with Gasteiger partial charge in [0.1, 0.15) is 12.1 Å². The van der Waals surface area contributed by atoms with Gasteiger partial charge in [-0.2, -0.15) is 5.10 Å². The molecule has 3 aromatic rings. The van der Waals surface area contributed by atoms with E-state index in [1.165, 1.54) is 5.56 Å². The maximum Gasteiger partial charge on any atom is 0.151 e. The molecule has 0 saturated carbocycles. The molecule has 0 aliphatic heterocycles. The second kappa shape index (κ2) is 6.37. The predicted molar refractivity (Wildman–Crippen MR) is 79.7 cm³/mol. The van der Waals surface area contributed by atoms with Crippen LogP contribution in [0.3, 0.4) is 0 Å². The van der Waals surface area contributed by atoms with Crippen molar-refractivity contribution in [1.82, 2.24) is 20.1 Å². The highest BCUT2D eigenvalue weighted by atomic mass is 16.3. The van der Waals surface area contributed by atoms with Crippen molar-refractivity contribution in [3.63, 3.8) is 0 Å². The number of aromatic nitrogens is 3. The first kappa shape index (κ1) is 13.6. The van der Waals surface area contributed by atoms with Crippen LogP contribution in [0.1, 0.15) is 23.2 Å². The predicted octanol–water partition coefficient (Wildman–Crippen LogP) is 2.33. The van der Waals surface area contributed by atoms with Crippen LogP contribution in [0, 0.1) is 0 Å². The summed E-state index contributed by atoms with van der Waals surface area (Å²) in [5.74, 6) is 1.76. The van der Waals surface area contributed by atoms with Crippen molar-refractivity contribution in [2.24, 2.45) is 7.05 Å². The van der Waals surface area contributed by atoms with E-state index in [1.54, 1.807) is 17.3 Å². The second-order valence-electron chi connectivity index (χ2n) is 4.90. The van der Waals surface area contributed by atoms with Gasteiger partial charge in [0.25, 0.3) is 0 Å². The van der Waals surface area contributed by atoms with Gasteiger partial charge in [0.15, 0.2) is 5.82 Å². The number of furan rings is 1. The van der Waals surface area contributed by atoms with Crippen LogP contribution in [0.5, 0.6) is 0 Å². The average Bonchev–Trinajstić information content (AvgIpc) is 3.16. The van der Waals surface area contributed by atoms with Gasteiger partial charge < -0.3 is 9.73 Å². The normalized spacial score (nSPS) is 12.4. The van der Waals surface area contributed by atoms with Gasteiger partial charge in [-0.05, 0) is 17.7 Å². The van der Waals surface area contributed by atoms with Crippen molar-refractivity contribution in [3.8, 4) is 0 Å². The molecule has 0 amide bonds. The van der Waals surface area contributed by atoms with Crippen molar-refractivity contribution in [2.75, 3.05) is 6.54 Å². The highest BCUT2D eigenvalue weighted by Gasteiger charge is 2.15. The molecule has 5 nitrogen and oxygen atoms in total. The summed E-state index contributed by atoms with van der Waals surface area (Å²) < 4.78 is 7.28. The zero-order valence-corrected chi connectivity index (χ0v) is 11.9. The zero-order valence-electron chi connectivity index (χ0n) is 11.9.